The first-order valence-corrected chi connectivity index (χ1v) is 6.14. The lowest BCUT2D eigenvalue weighted by atomic mass is 10.2. The molecule has 0 unspecified atom stereocenters. The lowest BCUT2D eigenvalue weighted by molar-refractivity contribution is 0.450. The number of fused-ring (bicyclic) bond motifs is 1. The van der Waals surface area contributed by atoms with Gasteiger partial charge in [0, 0.05) is 0 Å². The number of aromatic amines is 4. The number of benzene rings is 1. The van der Waals surface area contributed by atoms with Gasteiger partial charge in [-0.3, -0.25) is 14.8 Å². The summed E-state index contributed by atoms with van der Waals surface area (Å²) < 4.78 is 0. The molecule has 0 aliphatic rings. The van der Waals surface area contributed by atoms with Crippen molar-refractivity contribution in [3.8, 4) is 5.88 Å². The molecule has 10 nitrogen and oxygen atoms in total. The molecule has 0 atom stereocenters. The van der Waals surface area contributed by atoms with E-state index in [2.05, 4.69) is 20.2 Å². The molecule has 0 aliphatic carbocycles. The zero-order valence-electron chi connectivity index (χ0n) is 11.2. The van der Waals surface area contributed by atoms with Crippen LogP contribution in [0.4, 0.5) is 11.4 Å². The van der Waals surface area contributed by atoms with E-state index in [0.29, 0.717) is 22.3 Å². The molecule has 0 radical (unpaired) electrons. The van der Waals surface area contributed by atoms with Crippen LogP contribution in [0.1, 0.15) is 5.56 Å². The minimum atomic E-state index is -0.862. The fourth-order valence-electron chi connectivity index (χ4n) is 1.95. The minimum Gasteiger partial charge on any atom is -0.493 e. The van der Waals surface area contributed by atoms with Crippen LogP contribution in [-0.2, 0) is 0 Å². The number of rotatable bonds is 2. The fraction of sp³-hybridized carbons (Fsp3) is 0.0833. The van der Waals surface area contributed by atoms with E-state index < -0.39 is 22.8 Å². The smallest absolute Gasteiger partial charge is 0.328 e. The van der Waals surface area contributed by atoms with Crippen LogP contribution in [0.2, 0.25) is 0 Å². The van der Waals surface area contributed by atoms with Gasteiger partial charge >= 0.3 is 11.4 Å². The van der Waals surface area contributed by atoms with Crippen molar-refractivity contribution < 1.29 is 5.11 Å². The van der Waals surface area contributed by atoms with Crippen molar-refractivity contribution in [3.63, 3.8) is 0 Å². The van der Waals surface area contributed by atoms with E-state index in [9.17, 15) is 19.5 Å². The predicted molar refractivity (Wildman–Crippen MR) is 77.2 cm³/mol. The predicted octanol–water partition coefficient (Wildman–Crippen LogP) is 0.662. The maximum atomic E-state index is 11.5. The van der Waals surface area contributed by atoms with Crippen molar-refractivity contribution in [2.45, 2.75) is 6.92 Å². The average Bonchev–Trinajstić information content (AvgIpc) is 2.76. The average molecular weight is 302 g/mol. The van der Waals surface area contributed by atoms with Gasteiger partial charge in [0.05, 0.1) is 16.7 Å². The maximum Gasteiger partial charge on any atom is 0.328 e. The third-order valence-corrected chi connectivity index (χ3v) is 2.99. The summed E-state index contributed by atoms with van der Waals surface area (Å²) in [4.78, 5) is 42.9. The number of hydrogen-bond donors (Lipinski definition) is 5. The van der Waals surface area contributed by atoms with Crippen molar-refractivity contribution >= 4 is 22.4 Å². The summed E-state index contributed by atoms with van der Waals surface area (Å²) in [5.41, 5.74) is -0.225. The summed E-state index contributed by atoms with van der Waals surface area (Å²) in [7, 11) is 0. The summed E-state index contributed by atoms with van der Waals surface area (Å²) in [6, 6.07) is 3.27. The Balaban J connectivity index is 2.10. The van der Waals surface area contributed by atoms with Crippen molar-refractivity contribution in [3.05, 3.63) is 49.0 Å². The number of nitrogens with zero attached hydrogens (tertiary/aromatic N) is 2. The van der Waals surface area contributed by atoms with Gasteiger partial charge in [-0.15, -0.1) is 10.2 Å². The van der Waals surface area contributed by atoms with Gasteiger partial charge in [-0.1, -0.05) is 0 Å². The van der Waals surface area contributed by atoms with E-state index in [0.717, 1.165) is 0 Å². The third kappa shape index (κ3) is 2.32. The number of nitrogens with one attached hydrogen (secondary N) is 4. The van der Waals surface area contributed by atoms with Crippen LogP contribution in [0, 0.1) is 6.92 Å². The summed E-state index contributed by atoms with van der Waals surface area (Å²) in [6.45, 7) is 1.75. The Bertz CT molecular complexity index is 1070. The molecule has 10 heteroatoms. The standard InChI is InChI=1S/C12H10N6O4/c1-4-2-6-7(14-11(21)13-6)3-5(4)17-18-8-9(19)15-12(22)16-10(8)20/h2-3H,1H3,(H2,13,14,21)(H3,15,16,19,20,22). The lowest BCUT2D eigenvalue weighted by Gasteiger charge is -1.99. The Kier molecular flexibility index (Phi) is 2.98. The van der Waals surface area contributed by atoms with Crippen molar-refractivity contribution in [2.24, 2.45) is 10.2 Å². The number of aromatic nitrogens is 4. The van der Waals surface area contributed by atoms with E-state index in [1.807, 2.05) is 9.97 Å². The van der Waals surface area contributed by atoms with Crippen LogP contribution in [0.5, 0.6) is 5.88 Å². The number of imidazole rings is 1. The first-order valence-electron chi connectivity index (χ1n) is 6.14. The summed E-state index contributed by atoms with van der Waals surface area (Å²) in [5, 5.41) is 17.0. The second-order valence-corrected chi connectivity index (χ2v) is 4.57. The van der Waals surface area contributed by atoms with Crippen LogP contribution in [-0.4, -0.2) is 25.0 Å². The maximum absolute atomic E-state index is 11.5. The van der Waals surface area contributed by atoms with Gasteiger partial charge in [0.1, 0.15) is 0 Å². The van der Waals surface area contributed by atoms with E-state index in [-0.39, 0.29) is 5.69 Å². The molecule has 112 valence electrons. The highest BCUT2D eigenvalue weighted by Crippen LogP contribution is 2.26. The van der Waals surface area contributed by atoms with E-state index >= 15 is 0 Å². The van der Waals surface area contributed by atoms with Crippen LogP contribution < -0.4 is 16.9 Å². The van der Waals surface area contributed by atoms with Gasteiger partial charge in [-0.25, -0.2) is 9.59 Å². The molecule has 0 spiro atoms. The molecule has 0 saturated heterocycles. The Morgan fingerprint density at radius 2 is 1.55 bits per heavy atom. The topological polar surface area (TPSA) is 159 Å². The second-order valence-electron chi connectivity index (χ2n) is 4.57. The third-order valence-electron chi connectivity index (χ3n) is 2.99. The highest BCUT2D eigenvalue weighted by molar-refractivity contribution is 5.79. The fourth-order valence-corrected chi connectivity index (χ4v) is 1.95. The van der Waals surface area contributed by atoms with Crippen LogP contribution in [0.15, 0.2) is 36.7 Å². The SMILES string of the molecule is Cc1cc2[nH]c(=O)[nH]c2cc1N=Nc1c(O)[nH]c(=O)[nH]c1=O. The van der Waals surface area contributed by atoms with E-state index in [1.165, 1.54) is 0 Å². The zero-order chi connectivity index (χ0) is 15.9. The number of hydrogen-bond acceptors (Lipinski definition) is 6. The Morgan fingerprint density at radius 1 is 0.909 bits per heavy atom. The molecular formula is C12H10N6O4. The molecule has 2 aromatic heterocycles. The molecular weight excluding hydrogens is 292 g/mol. The van der Waals surface area contributed by atoms with Gasteiger partial charge in [0.15, 0.2) is 0 Å². The molecule has 1 aromatic carbocycles. The van der Waals surface area contributed by atoms with Crippen molar-refractivity contribution in [2.75, 3.05) is 0 Å². The first kappa shape index (κ1) is 13.5. The Labute approximate surface area is 120 Å². The summed E-state index contributed by atoms with van der Waals surface area (Å²) in [6.07, 6.45) is 0. The Morgan fingerprint density at radius 3 is 2.23 bits per heavy atom. The quantitative estimate of drug-likeness (QED) is 0.440. The monoisotopic (exact) mass is 302 g/mol. The number of aromatic hydroxyl groups is 1. The highest BCUT2D eigenvalue weighted by atomic mass is 16.3. The minimum absolute atomic E-state index is 0.349. The molecule has 0 aliphatic heterocycles. The van der Waals surface area contributed by atoms with Crippen LogP contribution in [0.3, 0.4) is 0 Å². The van der Waals surface area contributed by atoms with E-state index in [4.69, 9.17) is 0 Å². The normalized spacial score (nSPS) is 11.5. The van der Waals surface area contributed by atoms with Crippen molar-refractivity contribution in [1.29, 1.82) is 0 Å². The molecule has 0 bridgehead atoms. The van der Waals surface area contributed by atoms with Crippen LogP contribution in [0.25, 0.3) is 11.0 Å². The zero-order valence-corrected chi connectivity index (χ0v) is 11.2. The summed E-state index contributed by atoms with van der Waals surface area (Å²) >= 11 is 0. The number of aryl methyl sites for hydroxylation is 1. The molecule has 0 saturated carbocycles. The van der Waals surface area contributed by atoms with Gasteiger partial charge in [0.25, 0.3) is 5.56 Å². The number of azo groups is 1. The molecule has 2 heterocycles. The van der Waals surface area contributed by atoms with Crippen LogP contribution >= 0.6 is 0 Å². The van der Waals surface area contributed by atoms with E-state index in [1.54, 1.807) is 19.1 Å². The van der Waals surface area contributed by atoms with Gasteiger partial charge in [-0.05, 0) is 24.6 Å². The van der Waals surface area contributed by atoms with Crippen molar-refractivity contribution in [1.82, 2.24) is 19.9 Å². The Hall–Kier alpha value is -3.43. The van der Waals surface area contributed by atoms with Gasteiger partial charge in [-0.2, -0.15) is 0 Å². The van der Waals surface area contributed by atoms with Gasteiger partial charge in [0.2, 0.25) is 11.6 Å². The molecule has 3 rings (SSSR count). The van der Waals surface area contributed by atoms with Gasteiger partial charge < -0.3 is 15.1 Å². The molecule has 22 heavy (non-hydrogen) atoms. The first-order chi connectivity index (χ1) is 10.4. The molecule has 3 aromatic rings. The molecule has 0 amide bonds. The summed E-state index contributed by atoms with van der Waals surface area (Å²) in [5.74, 6) is -0.675. The number of H-pyrrole nitrogens is 4. The lowest BCUT2D eigenvalue weighted by Crippen LogP contribution is -2.20. The molecule has 0 fully saturated rings. The highest BCUT2D eigenvalue weighted by Gasteiger charge is 2.08. The largest absolute Gasteiger partial charge is 0.493 e. The second kappa shape index (κ2) is 4.84. The molecule has 5 N–H and O–H groups in total.